The first-order valence-corrected chi connectivity index (χ1v) is 9.77. The van der Waals surface area contributed by atoms with Gasteiger partial charge in [-0.2, -0.15) is 4.98 Å². The Kier molecular flexibility index (Phi) is 4.79. The van der Waals surface area contributed by atoms with E-state index in [0.29, 0.717) is 29.5 Å². The van der Waals surface area contributed by atoms with Crippen molar-refractivity contribution < 1.29 is 9.59 Å². The monoisotopic (exact) mass is 391 g/mol. The third-order valence-electron chi connectivity index (χ3n) is 4.91. The number of amides is 2. The number of thiazole rings is 1. The minimum absolute atomic E-state index is 0.0429. The fourth-order valence-electron chi connectivity index (χ4n) is 3.16. The summed E-state index contributed by atoms with van der Waals surface area (Å²) in [6.45, 7) is 1.24. The third-order valence-corrected chi connectivity index (χ3v) is 6.00. The molecular weight excluding hydrogens is 370 g/mol. The van der Waals surface area contributed by atoms with Gasteiger partial charge in [-0.25, -0.2) is 10.8 Å². The van der Waals surface area contributed by atoms with E-state index in [1.807, 2.05) is 5.43 Å². The van der Waals surface area contributed by atoms with Gasteiger partial charge in [-0.3, -0.25) is 24.4 Å². The summed E-state index contributed by atoms with van der Waals surface area (Å²) in [6, 6.07) is 0.384. The molecule has 1 aliphatic heterocycles. The molecule has 3 heterocycles. The molecular formula is C16H21N7O3S. The average molecular weight is 391 g/mol. The van der Waals surface area contributed by atoms with E-state index in [1.54, 1.807) is 0 Å². The summed E-state index contributed by atoms with van der Waals surface area (Å²) in [5, 5.41) is 3.79. The van der Waals surface area contributed by atoms with E-state index in [4.69, 9.17) is 5.84 Å². The van der Waals surface area contributed by atoms with Crippen LogP contribution >= 0.6 is 11.3 Å². The smallest absolute Gasteiger partial charge is 0.273 e. The number of carbonyl (C=O) groups is 2. The largest absolute Gasteiger partial charge is 0.353 e. The number of aromatic nitrogens is 3. The zero-order valence-electron chi connectivity index (χ0n) is 14.7. The van der Waals surface area contributed by atoms with Crippen molar-refractivity contribution in [1.29, 1.82) is 0 Å². The lowest BCUT2D eigenvalue weighted by molar-refractivity contribution is -0.125. The van der Waals surface area contributed by atoms with Gasteiger partial charge >= 0.3 is 0 Å². The van der Waals surface area contributed by atoms with E-state index in [2.05, 4.69) is 20.2 Å². The molecule has 2 amide bonds. The fourth-order valence-corrected chi connectivity index (χ4v) is 4.18. The lowest BCUT2D eigenvalue weighted by Gasteiger charge is -2.30. The molecule has 1 saturated heterocycles. The van der Waals surface area contributed by atoms with Gasteiger partial charge in [0.2, 0.25) is 5.91 Å². The van der Waals surface area contributed by atoms with Crippen LogP contribution in [0.15, 0.2) is 11.1 Å². The normalized spacial score (nSPS) is 17.9. The molecule has 0 spiro atoms. The van der Waals surface area contributed by atoms with Crippen LogP contribution in [0, 0.1) is 5.92 Å². The Hall–Kier alpha value is -2.53. The molecule has 0 aromatic carbocycles. The van der Waals surface area contributed by atoms with Crippen molar-refractivity contribution in [1.82, 2.24) is 25.3 Å². The zero-order chi connectivity index (χ0) is 19.0. The molecule has 0 radical (unpaired) electrons. The maximum atomic E-state index is 12.5. The number of nitrogens with one attached hydrogen (secondary N) is 2. The van der Waals surface area contributed by atoms with Crippen molar-refractivity contribution in [2.24, 2.45) is 11.8 Å². The van der Waals surface area contributed by atoms with Crippen molar-refractivity contribution in [3.8, 4) is 0 Å². The average Bonchev–Trinajstić information content (AvgIpc) is 3.38. The molecule has 0 atom stereocenters. The van der Waals surface area contributed by atoms with Gasteiger partial charge in [-0.1, -0.05) is 11.3 Å². The minimum Gasteiger partial charge on any atom is -0.353 e. The SMILES string of the molecule is NNC(=O)Cn1cnc2nc(N3CCC(C(=O)NC4CC4)CC3)sc2c1=O. The maximum Gasteiger partial charge on any atom is 0.273 e. The van der Waals surface area contributed by atoms with Crippen molar-refractivity contribution in [3.05, 3.63) is 16.7 Å². The number of carbonyl (C=O) groups excluding carboxylic acids is 2. The number of nitrogens with two attached hydrogens (primary N) is 1. The van der Waals surface area contributed by atoms with Crippen LogP contribution in [0.1, 0.15) is 25.7 Å². The van der Waals surface area contributed by atoms with E-state index in [1.165, 1.54) is 22.2 Å². The summed E-state index contributed by atoms with van der Waals surface area (Å²) >= 11 is 1.27. The Morgan fingerprint density at radius 3 is 2.67 bits per heavy atom. The molecule has 0 unspecified atom stereocenters. The van der Waals surface area contributed by atoms with E-state index < -0.39 is 5.91 Å². The number of hydrogen-bond acceptors (Lipinski definition) is 8. The molecule has 2 aliphatic rings. The van der Waals surface area contributed by atoms with Crippen LogP contribution < -0.4 is 27.0 Å². The summed E-state index contributed by atoms with van der Waals surface area (Å²) in [5.41, 5.74) is 2.05. The Balaban J connectivity index is 1.46. The first-order chi connectivity index (χ1) is 13.0. The molecule has 2 fully saturated rings. The van der Waals surface area contributed by atoms with E-state index in [-0.39, 0.29) is 23.9 Å². The number of hydrazine groups is 1. The number of piperidine rings is 1. The standard InChI is InChI=1S/C16H21N7O3S/c17-21-11(24)7-23-8-18-13-12(15(23)26)27-16(20-13)22-5-3-9(4-6-22)14(25)19-10-1-2-10/h8-10H,1-7,17H2,(H,19,25)(H,21,24). The molecule has 0 bridgehead atoms. The summed E-state index contributed by atoms with van der Waals surface area (Å²) in [7, 11) is 0. The highest BCUT2D eigenvalue weighted by Gasteiger charge is 2.30. The second kappa shape index (κ2) is 7.24. The Morgan fingerprint density at radius 1 is 1.26 bits per heavy atom. The highest BCUT2D eigenvalue weighted by Crippen LogP contribution is 2.29. The predicted octanol–water partition coefficient (Wildman–Crippen LogP) is -0.662. The number of rotatable bonds is 5. The van der Waals surface area contributed by atoms with Gasteiger partial charge in [0.25, 0.3) is 11.5 Å². The van der Waals surface area contributed by atoms with Gasteiger partial charge in [0.1, 0.15) is 17.6 Å². The highest BCUT2D eigenvalue weighted by molar-refractivity contribution is 7.22. The third kappa shape index (κ3) is 3.78. The molecule has 4 N–H and O–H groups in total. The Labute approximate surface area is 158 Å². The van der Waals surface area contributed by atoms with Crippen LogP contribution in [-0.2, 0) is 16.1 Å². The second-order valence-electron chi connectivity index (χ2n) is 6.94. The highest BCUT2D eigenvalue weighted by atomic mass is 32.1. The van der Waals surface area contributed by atoms with Gasteiger partial charge in [0.05, 0.1) is 0 Å². The van der Waals surface area contributed by atoms with E-state index in [9.17, 15) is 14.4 Å². The summed E-state index contributed by atoms with van der Waals surface area (Å²) in [5.74, 6) is 4.79. The molecule has 1 aliphatic carbocycles. The van der Waals surface area contributed by atoms with Crippen molar-refractivity contribution >= 4 is 38.6 Å². The van der Waals surface area contributed by atoms with Crippen LogP contribution in [0.3, 0.4) is 0 Å². The van der Waals surface area contributed by atoms with Crippen molar-refractivity contribution in [2.45, 2.75) is 38.3 Å². The van der Waals surface area contributed by atoms with Crippen LogP contribution in [-0.4, -0.2) is 45.5 Å². The first-order valence-electron chi connectivity index (χ1n) is 8.96. The molecule has 2 aromatic heterocycles. The van der Waals surface area contributed by atoms with Gasteiger partial charge < -0.3 is 10.2 Å². The molecule has 27 heavy (non-hydrogen) atoms. The Bertz CT molecular complexity index is 928. The van der Waals surface area contributed by atoms with Crippen molar-refractivity contribution in [2.75, 3.05) is 18.0 Å². The first kappa shape index (κ1) is 17.9. The lowest BCUT2D eigenvalue weighted by atomic mass is 9.96. The van der Waals surface area contributed by atoms with Crippen LogP contribution in [0.4, 0.5) is 5.13 Å². The molecule has 2 aromatic rings. The molecule has 11 heteroatoms. The van der Waals surface area contributed by atoms with Crippen LogP contribution in [0.2, 0.25) is 0 Å². The van der Waals surface area contributed by atoms with Crippen LogP contribution in [0.25, 0.3) is 10.3 Å². The topological polar surface area (TPSA) is 135 Å². The van der Waals surface area contributed by atoms with Gasteiger partial charge in [-0.05, 0) is 25.7 Å². The summed E-state index contributed by atoms with van der Waals surface area (Å²) in [6.07, 6.45) is 5.02. The van der Waals surface area contributed by atoms with Gasteiger partial charge in [0, 0.05) is 25.0 Å². The summed E-state index contributed by atoms with van der Waals surface area (Å²) < 4.78 is 1.62. The Morgan fingerprint density at radius 2 is 2.00 bits per heavy atom. The van der Waals surface area contributed by atoms with Crippen LogP contribution in [0.5, 0.6) is 0 Å². The number of hydrogen-bond donors (Lipinski definition) is 3. The number of anilines is 1. The second-order valence-corrected chi connectivity index (χ2v) is 7.92. The van der Waals surface area contributed by atoms with E-state index in [0.717, 1.165) is 30.8 Å². The molecule has 1 saturated carbocycles. The van der Waals surface area contributed by atoms with Gasteiger partial charge in [-0.15, -0.1) is 0 Å². The quantitative estimate of drug-likeness (QED) is 0.350. The van der Waals surface area contributed by atoms with Crippen molar-refractivity contribution in [3.63, 3.8) is 0 Å². The lowest BCUT2D eigenvalue weighted by Crippen LogP contribution is -2.41. The molecule has 4 rings (SSSR count). The summed E-state index contributed by atoms with van der Waals surface area (Å²) in [4.78, 5) is 46.8. The fraction of sp³-hybridized carbons (Fsp3) is 0.562. The predicted molar refractivity (Wildman–Crippen MR) is 100 cm³/mol. The van der Waals surface area contributed by atoms with E-state index >= 15 is 0 Å². The zero-order valence-corrected chi connectivity index (χ0v) is 15.5. The van der Waals surface area contributed by atoms with Gasteiger partial charge in [0.15, 0.2) is 10.8 Å². The number of nitrogens with zero attached hydrogens (tertiary/aromatic N) is 4. The minimum atomic E-state index is -0.477. The molecule has 10 nitrogen and oxygen atoms in total. The number of fused-ring (bicyclic) bond motifs is 1. The maximum absolute atomic E-state index is 12.5. The molecule has 144 valence electrons.